The van der Waals surface area contributed by atoms with Crippen LogP contribution in [-0.2, 0) is 33.6 Å². The second-order valence-electron chi connectivity index (χ2n) is 29.5. The first-order chi connectivity index (χ1) is 50.4. The van der Waals surface area contributed by atoms with Crippen LogP contribution in [0.25, 0.3) is 116 Å². The van der Waals surface area contributed by atoms with E-state index in [4.69, 9.17) is 6.57 Å². The van der Waals surface area contributed by atoms with Gasteiger partial charge in [-0.15, -0.1) is 0 Å². The minimum Gasteiger partial charge on any atom is -0.351 e. The van der Waals surface area contributed by atoms with Crippen molar-refractivity contribution < 1.29 is 18.3 Å². The van der Waals surface area contributed by atoms with Gasteiger partial charge >= 0.3 is 0 Å². The number of para-hydroxylation sites is 4. The molecule has 0 N–H and O–H groups in total. The Bertz CT molecular complexity index is 6040. The zero-order valence-electron chi connectivity index (χ0n) is 64.4. The van der Waals surface area contributed by atoms with E-state index >= 15 is 0 Å². The monoisotopic (exact) mass is 1380 g/mol. The lowest BCUT2D eigenvalue weighted by Crippen LogP contribution is -2.37. The molecule has 8 aromatic carbocycles. The summed E-state index contributed by atoms with van der Waals surface area (Å²) in [5.74, 6) is 0. The van der Waals surface area contributed by atoms with E-state index in [1.807, 2.05) is 31.4 Å². The van der Waals surface area contributed by atoms with Crippen molar-refractivity contribution >= 4 is 49.3 Å². The van der Waals surface area contributed by atoms with Gasteiger partial charge in [0.2, 0.25) is 44.8 Å². The highest BCUT2D eigenvalue weighted by atomic mass is 15.0. The molecule has 0 amide bonds. The average molecular weight is 1380 g/mol. The molecule has 0 unspecified atom stereocenters. The molecule has 0 bridgehead atoms. The maximum Gasteiger partial charge on any atom is 0.218 e. The summed E-state index contributed by atoms with van der Waals surface area (Å²) in [6.45, 7) is 38.6. The maximum absolute atomic E-state index is 7.57. The molecule has 0 spiro atoms. The molecule has 0 aliphatic rings. The Hall–Kier alpha value is -12.0. The second-order valence-corrected chi connectivity index (χ2v) is 29.5. The molecule has 0 saturated heterocycles. The third kappa shape index (κ3) is 13.8. The van der Waals surface area contributed by atoms with Crippen LogP contribution in [0.3, 0.4) is 0 Å². The summed E-state index contributed by atoms with van der Waals surface area (Å²) in [5.41, 5.74) is 35.6. The topological polar surface area (TPSA) is 39.6 Å². The van der Waals surface area contributed by atoms with Crippen molar-refractivity contribution in [1.82, 2.24) is 18.3 Å². The van der Waals surface area contributed by atoms with Crippen molar-refractivity contribution in [2.24, 2.45) is 28.2 Å². The van der Waals surface area contributed by atoms with Crippen molar-refractivity contribution in [3.8, 4) is 67.8 Å². The predicted molar refractivity (Wildman–Crippen MR) is 437 cm³/mol. The zero-order chi connectivity index (χ0) is 74.3. The lowest BCUT2D eigenvalue weighted by Gasteiger charge is -2.22. The molecule has 9 heteroatoms. The van der Waals surface area contributed by atoms with Gasteiger partial charge in [-0.1, -0.05) is 69.3 Å². The van der Waals surface area contributed by atoms with Crippen LogP contribution in [-0.4, -0.2) is 18.3 Å². The molecule has 16 rings (SSSR count). The smallest absolute Gasteiger partial charge is 0.218 e. The van der Waals surface area contributed by atoms with Gasteiger partial charge in [0, 0.05) is 236 Å². The fourth-order valence-electron chi connectivity index (χ4n) is 15.6. The van der Waals surface area contributed by atoms with E-state index in [0.717, 1.165) is 28.2 Å². The van der Waals surface area contributed by atoms with E-state index in [2.05, 4.69) is 396 Å². The molecule has 8 aromatic heterocycles. The van der Waals surface area contributed by atoms with Crippen molar-refractivity contribution in [3.05, 3.63) is 340 Å². The van der Waals surface area contributed by atoms with Crippen molar-refractivity contribution in [1.29, 1.82) is 0 Å². The Morgan fingerprint density at radius 3 is 1.04 bits per heavy atom. The lowest BCUT2D eigenvalue weighted by molar-refractivity contribution is -0.575. The van der Waals surface area contributed by atoms with E-state index in [9.17, 15) is 0 Å². The van der Waals surface area contributed by atoms with Crippen LogP contribution in [0.2, 0.25) is 0 Å². The summed E-state index contributed by atoms with van der Waals surface area (Å²) in [6.07, 6.45) is 8.38. The first kappa shape index (κ1) is 71.4. The van der Waals surface area contributed by atoms with E-state index in [0.29, 0.717) is 5.69 Å². The SMILES string of the molecule is Cc1c(-c2cccn2C)cc(C(C)(C)C)cc1-[n+]1c(C)ccc2ccccc21.Cc1cc(-c2cccn2C)c(C)c(-[n+]2c(C)ccc3ccccc32)c1.Cc1cc(C)c(-[n+]2c(C)ccc3ccccc32)c(C)c1-c1cccn1C.[C-]#[N+]c1cc(-c2cccn2C)c(C)c(-[n+]2c(C)ccc3ccccc32)c1. The van der Waals surface area contributed by atoms with Crippen LogP contribution >= 0.6 is 0 Å². The molecule has 522 valence electrons. The largest absolute Gasteiger partial charge is 0.351 e. The summed E-state index contributed by atoms with van der Waals surface area (Å²) in [6, 6.07) is 84.4. The van der Waals surface area contributed by atoms with Gasteiger partial charge in [0.15, 0.2) is 28.5 Å². The molecule has 0 atom stereocenters. The van der Waals surface area contributed by atoms with Crippen molar-refractivity contribution in [2.75, 3.05) is 0 Å². The molecule has 0 radical (unpaired) electrons. The van der Waals surface area contributed by atoms with Crippen LogP contribution in [0.4, 0.5) is 5.69 Å². The van der Waals surface area contributed by atoms with Crippen LogP contribution in [0, 0.1) is 82.7 Å². The molecular weight excluding hydrogens is 1280 g/mol. The number of benzene rings is 8. The number of fused-ring (bicyclic) bond motifs is 4. The number of aromatic nitrogens is 8. The molecular formula is C96H97N9+4. The molecule has 0 saturated carbocycles. The summed E-state index contributed by atoms with van der Waals surface area (Å²) in [5, 5.41) is 4.97. The van der Waals surface area contributed by atoms with E-state index in [-0.39, 0.29) is 5.41 Å². The number of rotatable bonds is 8. The Kier molecular flexibility index (Phi) is 20.0. The highest BCUT2D eigenvalue weighted by Gasteiger charge is 2.29. The van der Waals surface area contributed by atoms with Gasteiger partial charge in [-0.2, -0.15) is 18.3 Å². The summed E-state index contributed by atoms with van der Waals surface area (Å²) >= 11 is 0. The first-order valence-electron chi connectivity index (χ1n) is 36.4. The number of pyridine rings is 4. The number of hydrogen-bond donors (Lipinski definition) is 0. The van der Waals surface area contributed by atoms with Gasteiger partial charge < -0.3 is 18.3 Å². The maximum atomic E-state index is 7.57. The van der Waals surface area contributed by atoms with E-state index < -0.39 is 0 Å². The van der Waals surface area contributed by atoms with Crippen LogP contribution in [0.15, 0.2) is 261 Å². The predicted octanol–water partition coefficient (Wildman–Crippen LogP) is 21.7. The van der Waals surface area contributed by atoms with Gasteiger partial charge in [-0.25, -0.2) is 4.85 Å². The standard InChI is InChI=1S/C26H29N2.C24H25N2.C23H20N3.C23H23N2/c1-18-13-14-20-10-7-8-11-23(20)28(18)25-17-21(26(3,4)5)16-22(19(25)2)24-12-9-15-27(24)6;1-16-15-17(2)24(19(4)23(16)22-11-8-14-25(22)5)26-18(3)12-13-20-9-6-7-10-21(20)26;1-16-11-12-18-8-5-6-9-21(18)26(16)23-15-19(24-3)14-20(17(23)2)22-10-7-13-25(22)4;1-16-14-20(22-10-7-13-24(22)4)18(3)23(15-16)25-17(2)11-12-19-8-5-6-9-21(19)25/h7-17H,1-6H3;6-15H,1-5H3;5-15H,1-2,4H3;5-15H,1-4H3/q4*+1. The van der Waals surface area contributed by atoms with Crippen molar-refractivity contribution in [3.63, 3.8) is 0 Å². The zero-order valence-corrected chi connectivity index (χ0v) is 64.4. The number of hydrogen-bond acceptors (Lipinski definition) is 0. The quantitative estimate of drug-likeness (QED) is 0.107. The summed E-state index contributed by atoms with van der Waals surface area (Å²) < 4.78 is 18.1. The van der Waals surface area contributed by atoms with Crippen LogP contribution in [0.5, 0.6) is 0 Å². The van der Waals surface area contributed by atoms with Gasteiger partial charge in [-0.3, -0.25) is 0 Å². The normalized spacial score (nSPS) is 11.3. The molecule has 0 fully saturated rings. The van der Waals surface area contributed by atoms with Gasteiger partial charge in [0.1, 0.15) is 0 Å². The van der Waals surface area contributed by atoms with Crippen molar-refractivity contribution in [2.45, 2.75) is 102 Å². The minimum atomic E-state index is 0.0708. The highest BCUT2D eigenvalue weighted by Crippen LogP contribution is 2.37. The Morgan fingerprint density at radius 2 is 0.657 bits per heavy atom. The lowest BCUT2D eigenvalue weighted by atomic mass is 9.84. The first-order valence-corrected chi connectivity index (χ1v) is 36.4. The van der Waals surface area contributed by atoms with Gasteiger partial charge in [-0.05, 0) is 197 Å². The molecule has 8 heterocycles. The minimum absolute atomic E-state index is 0.0708. The average Bonchev–Trinajstić information content (AvgIpc) is 1.71. The number of nitrogens with zero attached hydrogens (tertiary/aromatic N) is 9. The fourth-order valence-corrected chi connectivity index (χ4v) is 15.6. The molecule has 105 heavy (non-hydrogen) atoms. The Labute approximate surface area is 620 Å². The van der Waals surface area contributed by atoms with Gasteiger partial charge in [0.05, 0.1) is 6.57 Å². The summed E-state index contributed by atoms with van der Waals surface area (Å²) in [4.78, 5) is 3.74. The van der Waals surface area contributed by atoms with Gasteiger partial charge in [0.25, 0.3) is 0 Å². The molecule has 9 nitrogen and oxygen atoms in total. The van der Waals surface area contributed by atoms with Crippen LogP contribution < -0.4 is 18.3 Å². The third-order valence-corrected chi connectivity index (χ3v) is 21.1. The Morgan fingerprint density at radius 1 is 0.314 bits per heavy atom. The number of aryl methyl sites for hydroxylation is 11. The molecule has 0 aliphatic carbocycles. The van der Waals surface area contributed by atoms with E-state index in [1.54, 1.807) is 0 Å². The summed E-state index contributed by atoms with van der Waals surface area (Å²) in [7, 11) is 8.38. The molecule has 0 aliphatic heterocycles. The Balaban J connectivity index is 0.000000124. The third-order valence-electron chi connectivity index (χ3n) is 21.1. The van der Waals surface area contributed by atoms with E-state index in [1.165, 1.54) is 151 Å². The highest BCUT2D eigenvalue weighted by molar-refractivity contribution is 5.82. The second kappa shape index (κ2) is 29.4. The fraction of sp³-hybridized carbons (Fsp3) is 0.198. The van der Waals surface area contributed by atoms with Crippen LogP contribution in [0.1, 0.15) is 88.1 Å². The molecule has 16 aromatic rings.